The summed E-state index contributed by atoms with van der Waals surface area (Å²) in [6.45, 7) is 7.20. The molecule has 2 aliphatic heterocycles. The summed E-state index contributed by atoms with van der Waals surface area (Å²) in [6, 6.07) is 12.6. The lowest BCUT2D eigenvalue weighted by molar-refractivity contribution is 0.256. The summed E-state index contributed by atoms with van der Waals surface area (Å²) in [5, 5.41) is 13.7. The van der Waals surface area contributed by atoms with E-state index in [2.05, 4.69) is 36.8 Å². The molecule has 0 unspecified atom stereocenters. The Morgan fingerprint density at radius 1 is 0.977 bits per heavy atom. The minimum absolute atomic E-state index is 0.00458. The first kappa shape index (κ1) is 31.5. The van der Waals surface area contributed by atoms with E-state index in [4.69, 9.17) is 16.3 Å². The van der Waals surface area contributed by atoms with Gasteiger partial charge in [0, 0.05) is 37.2 Å². The molecule has 0 bridgehead atoms. The first-order chi connectivity index (χ1) is 20.5. The van der Waals surface area contributed by atoms with Crippen molar-refractivity contribution in [2.75, 3.05) is 54.7 Å². The molecular formula is C30H40ClN6O4PS. The third kappa shape index (κ3) is 7.27. The predicted octanol–water partition coefficient (Wildman–Crippen LogP) is 6.82. The van der Waals surface area contributed by atoms with Crippen LogP contribution in [0.4, 0.5) is 28.8 Å². The van der Waals surface area contributed by atoms with Gasteiger partial charge in [-0.15, -0.1) is 10.2 Å². The van der Waals surface area contributed by atoms with E-state index in [0.29, 0.717) is 29.0 Å². The molecule has 0 saturated carbocycles. The second kappa shape index (κ2) is 13.0. The fourth-order valence-corrected chi connectivity index (χ4v) is 9.29. The molecule has 3 aromatic rings. The van der Waals surface area contributed by atoms with Crippen molar-refractivity contribution >= 4 is 57.4 Å². The third-order valence-electron chi connectivity index (χ3n) is 8.66. The van der Waals surface area contributed by atoms with E-state index >= 15 is 0 Å². The molecule has 0 atom stereocenters. The summed E-state index contributed by atoms with van der Waals surface area (Å²) in [4.78, 5) is 7.02. The Morgan fingerprint density at radius 3 is 2.33 bits per heavy atom. The maximum Gasteiger partial charge on any atom is 0.249 e. The number of benzene rings is 2. The van der Waals surface area contributed by atoms with Gasteiger partial charge in [0.25, 0.3) is 0 Å². The number of sulfone groups is 1. The Labute approximate surface area is 259 Å². The molecule has 0 amide bonds. The molecule has 2 saturated heterocycles. The number of nitrogens with one attached hydrogen (secondary N) is 2. The molecule has 10 nitrogen and oxygen atoms in total. The number of hydrogen-bond donors (Lipinski definition) is 2. The van der Waals surface area contributed by atoms with E-state index in [1.807, 2.05) is 18.8 Å². The fraction of sp³-hybridized carbons (Fsp3) is 0.500. The van der Waals surface area contributed by atoms with Crippen LogP contribution >= 0.6 is 18.7 Å². The molecule has 2 fully saturated rings. The highest BCUT2D eigenvalue weighted by molar-refractivity contribution is 7.92. The smallest absolute Gasteiger partial charge is 0.249 e. The van der Waals surface area contributed by atoms with E-state index in [9.17, 15) is 13.0 Å². The molecule has 43 heavy (non-hydrogen) atoms. The van der Waals surface area contributed by atoms with Crippen LogP contribution in [0.1, 0.15) is 39.5 Å². The number of methoxy groups -OCH3 is 1. The maximum absolute atomic E-state index is 12.9. The number of para-hydroxylation sites is 1. The Balaban J connectivity index is 1.28. The van der Waals surface area contributed by atoms with Crippen molar-refractivity contribution in [2.24, 2.45) is 11.8 Å². The molecule has 0 spiro atoms. The topological polar surface area (TPSA) is 126 Å². The summed E-state index contributed by atoms with van der Waals surface area (Å²) in [7, 11) is -3.82. The van der Waals surface area contributed by atoms with Gasteiger partial charge >= 0.3 is 0 Å². The van der Waals surface area contributed by atoms with Crippen LogP contribution in [-0.2, 0) is 14.4 Å². The van der Waals surface area contributed by atoms with Crippen LogP contribution in [0.5, 0.6) is 5.75 Å². The van der Waals surface area contributed by atoms with Crippen LogP contribution in [-0.4, -0.2) is 68.0 Å². The average Bonchev–Trinajstić information content (AvgIpc) is 2.99. The number of nitrogens with zero attached hydrogens (tertiary/aromatic N) is 4. The normalized spacial score (nSPS) is 21.5. The lowest BCUT2D eigenvalue weighted by atomic mass is 9.81. The second-order valence-electron chi connectivity index (χ2n) is 11.9. The Kier molecular flexibility index (Phi) is 9.54. The largest absolute Gasteiger partial charge is 0.494 e. The van der Waals surface area contributed by atoms with Crippen molar-refractivity contribution in [1.82, 2.24) is 15.2 Å². The summed E-state index contributed by atoms with van der Waals surface area (Å²) >= 11 is 6.30. The standard InChI is InChI=1S/C30H40ClN6O4PS/c1-20(2)43(39,40)27-8-6-5-7-25(27)32-29-28(31)35-36-30(34-29)33-24-10-9-23(19-26(24)41-3)37-15-11-21(12-16-37)22-13-17-42(4,38)18-14-22/h5-10,19-22H,11-18H2,1-4H3,(H2,32,33,34,36). The first-order valence-corrected chi connectivity index (χ1v) is 19.2. The first-order valence-electron chi connectivity index (χ1n) is 14.7. The Bertz CT molecular complexity index is 1600. The summed E-state index contributed by atoms with van der Waals surface area (Å²) in [5.74, 6) is 2.38. The van der Waals surface area contributed by atoms with Crippen molar-refractivity contribution in [2.45, 2.75) is 49.7 Å². The summed E-state index contributed by atoms with van der Waals surface area (Å²) in [5.41, 5.74) is 2.09. The highest BCUT2D eigenvalue weighted by Crippen LogP contribution is 2.50. The number of aromatic nitrogens is 3. The number of ether oxygens (including phenoxy) is 1. The highest BCUT2D eigenvalue weighted by Gasteiger charge is 2.33. The van der Waals surface area contributed by atoms with Crippen LogP contribution in [0.15, 0.2) is 47.4 Å². The van der Waals surface area contributed by atoms with Crippen LogP contribution in [0.25, 0.3) is 0 Å². The van der Waals surface area contributed by atoms with E-state index in [0.717, 1.165) is 56.8 Å². The SMILES string of the molecule is COc1cc(N2CCC(C3CCP(C)(=O)CC3)CC2)ccc1Nc1nnc(Cl)c(Nc2ccccc2S(=O)(=O)C(C)C)n1. The minimum Gasteiger partial charge on any atom is -0.494 e. The molecule has 5 rings (SSSR count). The molecule has 3 heterocycles. The van der Waals surface area contributed by atoms with Crippen LogP contribution in [0.3, 0.4) is 0 Å². The van der Waals surface area contributed by atoms with Gasteiger partial charge in [0.15, 0.2) is 20.8 Å². The van der Waals surface area contributed by atoms with Gasteiger partial charge in [-0.1, -0.05) is 23.7 Å². The van der Waals surface area contributed by atoms with E-state index in [1.165, 1.54) is 0 Å². The number of hydrogen-bond acceptors (Lipinski definition) is 10. The van der Waals surface area contributed by atoms with Gasteiger partial charge in [-0.05, 0) is 82.3 Å². The van der Waals surface area contributed by atoms with Gasteiger partial charge in [-0.2, -0.15) is 4.98 Å². The van der Waals surface area contributed by atoms with Gasteiger partial charge in [0.05, 0.1) is 35.8 Å². The van der Waals surface area contributed by atoms with Crippen LogP contribution < -0.4 is 20.3 Å². The molecule has 232 valence electrons. The van der Waals surface area contributed by atoms with Crippen molar-refractivity contribution in [1.29, 1.82) is 0 Å². The van der Waals surface area contributed by atoms with Gasteiger partial charge in [-0.3, -0.25) is 0 Å². The van der Waals surface area contributed by atoms with Crippen molar-refractivity contribution in [3.63, 3.8) is 0 Å². The molecular weight excluding hydrogens is 607 g/mol. The van der Waals surface area contributed by atoms with Gasteiger partial charge in [-0.25, -0.2) is 8.42 Å². The maximum atomic E-state index is 12.9. The number of piperidine rings is 1. The zero-order valence-corrected chi connectivity index (χ0v) is 27.6. The lowest BCUT2D eigenvalue weighted by Crippen LogP contribution is -2.37. The van der Waals surface area contributed by atoms with Crippen LogP contribution in [0.2, 0.25) is 5.15 Å². The zero-order valence-electron chi connectivity index (χ0n) is 25.1. The molecule has 1 aromatic heterocycles. The predicted molar refractivity (Wildman–Crippen MR) is 174 cm³/mol. The molecule has 2 aromatic carbocycles. The van der Waals surface area contributed by atoms with Crippen LogP contribution in [0, 0.1) is 11.8 Å². The average molecular weight is 647 g/mol. The Morgan fingerprint density at radius 2 is 1.65 bits per heavy atom. The van der Waals surface area contributed by atoms with Crippen molar-refractivity contribution in [3.8, 4) is 5.75 Å². The number of rotatable bonds is 9. The molecule has 0 aliphatic carbocycles. The molecule has 13 heteroatoms. The zero-order chi connectivity index (χ0) is 30.8. The van der Waals surface area contributed by atoms with Gasteiger partial charge in [0.1, 0.15) is 5.75 Å². The Hall–Kier alpha value is -2.88. The quantitative estimate of drug-likeness (QED) is 0.239. The van der Waals surface area contributed by atoms with E-state index in [-0.39, 0.29) is 21.8 Å². The lowest BCUT2D eigenvalue weighted by Gasteiger charge is -2.39. The third-order valence-corrected chi connectivity index (χ3v) is 13.5. The van der Waals surface area contributed by atoms with E-state index < -0.39 is 22.2 Å². The molecule has 2 N–H and O–H groups in total. The summed E-state index contributed by atoms with van der Waals surface area (Å²) < 4.78 is 43.9. The number of halogens is 1. The fourth-order valence-electron chi connectivity index (χ4n) is 5.98. The minimum atomic E-state index is -3.55. The molecule has 0 radical (unpaired) electrons. The van der Waals surface area contributed by atoms with Gasteiger partial charge < -0.3 is 24.8 Å². The van der Waals surface area contributed by atoms with Crippen molar-refractivity contribution in [3.05, 3.63) is 47.6 Å². The second-order valence-corrected chi connectivity index (χ2v) is 18.2. The highest BCUT2D eigenvalue weighted by atomic mass is 35.5. The molecule has 2 aliphatic rings. The van der Waals surface area contributed by atoms with Gasteiger partial charge in [0.2, 0.25) is 5.95 Å². The monoisotopic (exact) mass is 646 g/mol. The summed E-state index contributed by atoms with van der Waals surface area (Å²) in [6.07, 6.45) is 6.30. The number of anilines is 5. The van der Waals surface area contributed by atoms with Crippen molar-refractivity contribution < 1.29 is 17.7 Å². The van der Waals surface area contributed by atoms with E-state index in [1.54, 1.807) is 45.2 Å².